The van der Waals surface area contributed by atoms with Crippen LogP contribution in [0.2, 0.25) is 0 Å². The van der Waals surface area contributed by atoms with Gasteiger partial charge < -0.3 is 23.9 Å². The normalized spacial score (nSPS) is 21.5. The van der Waals surface area contributed by atoms with Crippen molar-refractivity contribution in [1.29, 1.82) is 0 Å². The molecule has 1 fully saturated rings. The van der Waals surface area contributed by atoms with Gasteiger partial charge in [-0.1, -0.05) is 0 Å². The van der Waals surface area contributed by atoms with E-state index in [9.17, 15) is 4.79 Å². The Kier molecular flexibility index (Phi) is 4.19. The molecule has 1 aromatic rings. The van der Waals surface area contributed by atoms with Gasteiger partial charge in [0.05, 0.1) is 23.4 Å². The van der Waals surface area contributed by atoms with E-state index >= 15 is 0 Å². The van der Waals surface area contributed by atoms with Crippen LogP contribution in [0.1, 0.15) is 51.5 Å². The fourth-order valence-electron chi connectivity index (χ4n) is 2.25. The Balaban J connectivity index is 2.27. The lowest BCUT2D eigenvalue weighted by atomic mass is 9.68. The third kappa shape index (κ3) is 3.15. The van der Waals surface area contributed by atoms with Crippen molar-refractivity contribution >= 4 is 13.1 Å². The van der Waals surface area contributed by atoms with E-state index in [1.807, 2.05) is 27.7 Å². The maximum absolute atomic E-state index is 11.1. The summed E-state index contributed by atoms with van der Waals surface area (Å²) in [6.45, 7) is 7.40. The Morgan fingerprint density at radius 3 is 2.24 bits per heavy atom. The molecule has 0 radical (unpaired) electrons. The monoisotopic (exact) mass is 296 g/mol. The lowest BCUT2D eigenvalue weighted by molar-refractivity contribution is -0.137. The Labute approximate surface area is 124 Å². The van der Waals surface area contributed by atoms with Crippen LogP contribution in [-0.4, -0.2) is 34.5 Å². The number of hydrogen-bond acceptors (Lipinski definition) is 5. The van der Waals surface area contributed by atoms with E-state index in [0.717, 1.165) is 0 Å². The molecular formula is C14H21BO6. The van der Waals surface area contributed by atoms with Gasteiger partial charge in [-0.2, -0.15) is 0 Å². The van der Waals surface area contributed by atoms with E-state index < -0.39 is 30.1 Å². The van der Waals surface area contributed by atoms with Crippen molar-refractivity contribution in [3.8, 4) is 0 Å². The molecule has 0 amide bonds. The largest absolute Gasteiger partial charge is 0.481 e. The number of rotatable bonds is 5. The quantitative estimate of drug-likeness (QED) is 0.807. The molecule has 21 heavy (non-hydrogen) atoms. The molecule has 1 aliphatic rings. The molecule has 0 spiro atoms. The van der Waals surface area contributed by atoms with Crippen molar-refractivity contribution in [3.63, 3.8) is 0 Å². The average Bonchev–Trinajstić information content (AvgIpc) is 2.89. The maximum atomic E-state index is 11.1. The maximum Gasteiger partial charge on any atom is 0.469 e. The van der Waals surface area contributed by atoms with Gasteiger partial charge in [-0.25, -0.2) is 0 Å². The molecule has 6 nitrogen and oxygen atoms in total. The molecular weight excluding hydrogens is 275 g/mol. The number of hydrogen-bond donors (Lipinski definition) is 2. The summed E-state index contributed by atoms with van der Waals surface area (Å²) in [5, 5.41) is 18.2. The summed E-state index contributed by atoms with van der Waals surface area (Å²) in [6, 6.07) is 3.28. The number of carboxylic acids is 1. The van der Waals surface area contributed by atoms with Gasteiger partial charge in [0.15, 0.2) is 0 Å². The van der Waals surface area contributed by atoms with Crippen LogP contribution in [0.3, 0.4) is 0 Å². The van der Waals surface area contributed by atoms with Crippen molar-refractivity contribution in [2.45, 2.75) is 57.7 Å². The van der Waals surface area contributed by atoms with E-state index in [4.69, 9.17) is 23.9 Å². The molecule has 1 atom stereocenters. The average molecular weight is 296 g/mol. The Bertz CT molecular complexity index is 505. The minimum atomic E-state index is -0.961. The minimum Gasteiger partial charge on any atom is -0.481 e. The van der Waals surface area contributed by atoms with Gasteiger partial charge in [0, 0.05) is 0 Å². The fourth-order valence-corrected chi connectivity index (χ4v) is 2.25. The van der Waals surface area contributed by atoms with Crippen molar-refractivity contribution in [3.05, 3.63) is 23.7 Å². The van der Waals surface area contributed by atoms with Crippen LogP contribution in [0, 0.1) is 0 Å². The number of carbonyl (C=O) groups is 1. The lowest BCUT2D eigenvalue weighted by Crippen LogP contribution is -2.41. The molecule has 0 aromatic carbocycles. The Morgan fingerprint density at radius 1 is 1.24 bits per heavy atom. The standard InChI is InChI=1S/C14H21BO6/c1-13(2)14(3,4)21-15(20-13)10(7-12(17)18)11-6-5-9(8-16)19-11/h5-6,10,16H,7-8H2,1-4H3,(H,17,18). The third-order valence-corrected chi connectivity index (χ3v) is 4.20. The topological polar surface area (TPSA) is 89.1 Å². The Morgan fingerprint density at radius 2 is 1.81 bits per heavy atom. The Hall–Kier alpha value is -1.31. The zero-order chi connectivity index (χ0) is 15.8. The van der Waals surface area contributed by atoms with Gasteiger partial charge in [0.2, 0.25) is 0 Å². The lowest BCUT2D eigenvalue weighted by Gasteiger charge is -2.32. The minimum absolute atomic E-state index is 0.171. The van der Waals surface area contributed by atoms with Gasteiger partial charge in [0.1, 0.15) is 18.1 Å². The molecule has 2 N–H and O–H groups in total. The third-order valence-electron chi connectivity index (χ3n) is 4.20. The van der Waals surface area contributed by atoms with Crippen molar-refractivity contribution in [2.24, 2.45) is 0 Å². The first kappa shape index (κ1) is 16.1. The van der Waals surface area contributed by atoms with Gasteiger partial charge >= 0.3 is 13.1 Å². The van der Waals surface area contributed by atoms with Crippen LogP contribution < -0.4 is 0 Å². The molecule has 2 rings (SSSR count). The second-order valence-electron chi connectivity index (χ2n) is 6.29. The molecule has 0 bridgehead atoms. The van der Waals surface area contributed by atoms with E-state index in [-0.39, 0.29) is 13.0 Å². The summed E-state index contributed by atoms with van der Waals surface area (Å²) in [7, 11) is -0.705. The van der Waals surface area contributed by atoms with Crippen molar-refractivity contribution < 1.29 is 28.7 Å². The number of furan rings is 1. The molecule has 2 heterocycles. The molecule has 1 saturated heterocycles. The summed E-state index contributed by atoms with van der Waals surface area (Å²) < 4.78 is 17.3. The first-order valence-electron chi connectivity index (χ1n) is 6.93. The van der Waals surface area contributed by atoms with Gasteiger partial charge in [-0.3, -0.25) is 4.79 Å². The van der Waals surface area contributed by atoms with Gasteiger partial charge in [0.25, 0.3) is 0 Å². The number of carboxylic acid groups (broad SMARTS) is 1. The van der Waals surface area contributed by atoms with Gasteiger partial charge in [-0.15, -0.1) is 0 Å². The molecule has 1 aliphatic heterocycles. The van der Waals surface area contributed by atoms with Crippen LogP contribution in [0.25, 0.3) is 0 Å². The number of aliphatic hydroxyl groups excluding tert-OH is 1. The fraction of sp³-hybridized carbons (Fsp3) is 0.643. The van der Waals surface area contributed by atoms with Crippen LogP contribution in [0.15, 0.2) is 16.5 Å². The van der Waals surface area contributed by atoms with E-state index in [1.165, 1.54) is 0 Å². The summed E-state index contributed by atoms with van der Waals surface area (Å²) in [5.41, 5.74) is -1.08. The molecule has 1 aromatic heterocycles. The van der Waals surface area contributed by atoms with Crippen molar-refractivity contribution in [1.82, 2.24) is 0 Å². The highest BCUT2D eigenvalue weighted by atomic mass is 16.7. The molecule has 0 saturated carbocycles. The number of aliphatic hydroxyl groups is 1. The predicted octanol–water partition coefficient (Wildman–Crippen LogP) is 1.96. The number of aliphatic carboxylic acids is 1. The first-order chi connectivity index (χ1) is 9.66. The second kappa shape index (κ2) is 5.48. The van der Waals surface area contributed by atoms with Crippen LogP contribution in [-0.2, 0) is 20.7 Å². The summed E-state index contributed by atoms with van der Waals surface area (Å²) in [4.78, 5) is 11.1. The predicted molar refractivity (Wildman–Crippen MR) is 75.7 cm³/mol. The molecule has 0 aliphatic carbocycles. The van der Waals surface area contributed by atoms with Crippen molar-refractivity contribution in [2.75, 3.05) is 0 Å². The molecule has 116 valence electrons. The molecule has 7 heteroatoms. The SMILES string of the molecule is CC1(C)OB(C(CC(=O)O)c2ccc(CO)o2)OC1(C)C. The van der Waals surface area contributed by atoms with Crippen LogP contribution in [0.5, 0.6) is 0 Å². The van der Waals surface area contributed by atoms with E-state index in [2.05, 4.69) is 0 Å². The summed E-state index contributed by atoms with van der Waals surface area (Å²) >= 11 is 0. The molecule has 1 unspecified atom stereocenters. The highest BCUT2D eigenvalue weighted by Gasteiger charge is 2.55. The first-order valence-corrected chi connectivity index (χ1v) is 6.93. The highest BCUT2D eigenvalue weighted by Crippen LogP contribution is 2.42. The van der Waals surface area contributed by atoms with Crippen LogP contribution in [0.4, 0.5) is 0 Å². The second-order valence-corrected chi connectivity index (χ2v) is 6.29. The summed E-state index contributed by atoms with van der Waals surface area (Å²) in [5.74, 6) is -0.697. The smallest absolute Gasteiger partial charge is 0.469 e. The van der Waals surface area contributed by atoms with Gasteiger partial charge in [-0.05, 0) is 39.8 Å². The van der Waals surface area contributed by atoms with Crippen LogP contribution >= 0.6 is 0 Å². The highest BCUT2D eigenvalue weighted by molar-refractivity contribution is 6.47. The zero-order valence-corrected chi connectivity index (χ0v) is 12.8. The summed E-state index contributed by atoms with van der Waals surface area (Å²) in [6.07, 6.45) is -0.171. The van der Waals surface area contributed by atoms with E-state index in [1.54, 1.807) is 12.1 Å². The zero-order valence-electron chi connectivity index (χ0n) is 12.8. The van der Waals surface area contributed by atoms with E-state index in [0.29, 0.717) is 11.5 Å².